The lowest BCUT2D eigenvalue weighted by molar-refractivity contribution is -0.127. The maximum absolute atomic E-state index is 12.0. The topological polar surface area (TPSA) is 64.7 Å². The van der Waals surface area contributed by atoms with Crippen LogP contribution in [-0.4, -0.2) is 73.0 Å². The van der Waals surface area contributed by atoms with E-state index < -0.39 is 0 Å². The van der Waals surface area contributed by atoms with Crippen LogP contribution in [0.4, 0.5) is 0 Å². The first kappa shape index (κ1) is 20.0. The van der Waals surface area contributed by atoms with Gasteiger partial charge >= 0.3 is 0 Å². The predicted molar refractivity (Wildman–Crippen MR) is 95.0 cm³/mol. The maximum atomic E-state index is 12.0. The lowest BCUT2D eigenvalue weighted by Gasteiger charge is -2.45. The van der Waals surface area contributed by atoms with Gasteiger partial charge in [0, 0.05) is 25.2 Å². The van der Waals surface area contributed by atoms with Gasteiger partial charge in [0.05, 0.1) is 26.2 Å². The summed E-state index contributed by atoms with van der Waals surface area (Å²) in [4.78, 5) is 28.3. The highest BCUT2D eigenvalue weighted by Crippen LogP contribution is 2.19. The van der Waals surface area contributed by atoms with Gasteiger partial charge in [-0.2, -0.15) is 0 Å². The van der Waals surface area contributed by atoms with Crippen LogP contribution < -0.4 is 10.6 Å². The molecule has 132 valence electrons. The third-order valence-corrected chi connectivity index (χ3v) is 4.33. The Labute approximate surface area is 145 Å². The van der Waals surface area contributed by atoms with Gasteiger partial charge in [-0.15, -0.1) is 12.8 Å². The Kier molecular flexibility index (Phi) is 8.93. The highest BCUT2D eigenvalue weighted by Gasteiger charge is 2.33. The van der Waals surface area contributed by atoms with Gasteiger partial charge < -0.3 is 10.6 Å². The Bertz CT molecular complexity index is 460. The Morgan fingerprint density at radius 3 is 1.58 bits per heavy atom. The minimum absolute atomic E-state index is 0.0542. The van der Waals surface area contributed by atoms with Crippen molar-refractivity contribution < 1.29 is 9.59 Å². The summed E-state index contributed by atoms with van der Waals surface area (Å²) in [6, 6.07) is 0.481. The molecule has 24 heavy (non-hydrogen) atoms. The molecule has 2 amide bonds. The number of amides is 2. The minimum atomic E-state index is -0.0542. The molecule has 1 heterocycles. The first-order valence-corrected chi connectivity index (χ1v) is 8.44. The van der Waals surface area contributed by atoms with E-state index in [1.54, 1.807) is 0 Å². The molecule has 0 aromatic rings. The zero-order chi connectivity index (χ0) is 17.9. The van der Waals surface area contributed by atoms with Crippen molar-refractivity contribution in [1.29, 1.82) is 0 Å². The van der Waals surface area contributed by atoms with Crippen LogP contribution in [0.3, 0.4) is 0 Å². The van der Waals surface area contributed by atoms with E-state index in [1.807, 2.05) is 0 Å². The second-order valence-corrected chi connectivity index (χ2v) is 5.94. The third-order valence-electron chi connectivity index (χ3n) is 4.33. The monoisotopic (exact) mass is 332 g/mol. The molecule has 0 bridgehead atoms. The van der Waals surface area contributed by atoms with E-state index in [4.69, 9.17) is 12.8 Å². The molecule has 6 heteroatoms. The molecule has 1 saturated heterocycles. The number of hydrogen-bond donors (Lipinski definition) is 2. The van der Waals surface area contributed by atoms with Gasteiger partial charge in [0.25, 0.3) is 0 Å². The van der Waals surface area contributed by atoms with E-state index in [0.717, 1.165) is 25.9 Å². The first-order chi connectivity index (χ1) is 11.5. The van der Waals surface area contributed by atoms with Crippen LogP contribution in [0.2, 0.25) is 0 Å². The molecule has 0 unspecified atom stereocenters. The van der Waals surface area contributed by atoms with Crippen LogP contribution in [0.5, 0.6) is 0 Å². The molecule has 0 aliphatic carbocycles. The van der Waals surface area contributed by atoms with E-state index in [1.165, 1.54) is 0 Å². The second kappa shape index (κ2) is 10.7. The highest BCUT2D eigenvalue weighted by atomic mass is 16.2. The number of piperazine rings is 1. The lowest BCUT2D eigenvalue weighted by Crippen LogP contribution is -2.60. The molecule has 0 radical (unpaired) electrons. The van der Waals surface area contributed by atoms with Gasteiger partial charge in [0.1, 0.15) is 0 Å². The normalized spacial score (nSPS) is 21.5. The molecular formula is C18H28N4O2. The molecule has 0 aromatic heterocycles. The summed E-state index contributed by atoms with van der Waals surface area (Å²) in [6.07, 6.45) is 12.2. The first-order valence-electron chi connectivity index (χ1n) is 8.44. The largest absolute Gasteiger partial charge is 0.344 e. The maximum Gasteiger partial charge on any atom is 0.234 e. The fourth-order valence-corrected chi connectivity index (χ4v) is 3.01. The van der Waals surface area contributed by atoms with Gasteiger partial charge in [-0.3, -0.25) is 19.4 Å². The number of rotatable bonds is 8. The number of nitrogens with one attached hydrogen (secondary N) is 2. The SMILES string of the molecule is C#CCNC(=O)CN1C[C@H](CC)N(CC(=O)NCC#C)C[C@H]1CC. The fraction of sp³-hybridized carbons (Fsp3) is 0.667. The molecule has 6 nitrogen and oxygen atoms in total. The van der Waals surface area contributed by atoms with Crippen LogP contribution in [0, 0.1) is 24.7 Å². The number of carbonyl (C=O) groups excluding carboxylic acids is 2. The Morgan fingerprint density at radius 2 is 1.29 bits per heavy atom. The zero-order valence-electron chi connectivity index (χ0n) is 14.7. The summed E-state index contributed by atoms with van der Waals surface area (Å²) >= 11 is 0. The molecule has 2 atom stereocenters. The fourth-order valence-electron chi connectivity index (χ4n) is 3.01. The van der Waals surface area contributed by atoms with Crippen molar-refractivity contribution in [3.05, 3.63) is 0 Å². The Hall–Kier alpha value is -2.02. The number of terminal acetylenes is 2. The Morgan fingerprint density at radius 1 is 0.917 bits per heavy atom. The van der Waals surface area contributed by atoms with E-state index in [0.29, 0.717) is 13.1 Å². The summed E-state index contributed by atoms with van der Waals surface area (Å²) < 4.78 is 0. The quantitative estimate of drug-likeness (QED) is 0.597. The van der Waals surface area contributed by atoms with Crippen molar-refractivity contribution in [1.82, 2.24) is 20.4 Å². The lowest BCUT2D eigenvalue weighted by atomic mass is 10.0. The second-order valence-electron chi connectivity index (χ2n) is 5.94. The molecule has 1 rings (SSSR count). The van der Waals surface area contributed by atoms with Crippen molar-refractivity contribution in [3.63, 3.8) is 0 Å². The molecule has 1 aliphatic heterocycles. The summed E-state index contributed by atoms with van der Waals surface area (Å²) in [5, 5.41) is 5.42. The summed E-state index contributed by atoms with van der Waals surface area (Å²) in [5.41, 5.74) is 0. The molecule has 0 saturated carbocycles. The van der Waals surface area contributed by atoms with Crippen LogP contribution >= 0.6 is 0 Å². The predicted octanol–water partition coefficient (Wildman–Crippen LogP) is -0.340. The standard InChI is InChI=1S/C18H28N4O2/c1-5-9-19-17(23)13-21-11-16(8-4)22(12-15(21)7-3)14-18(24)20-10-6-2/h1-2,15-16H,7-14H2,3-4H3,(H,19,23)(H,20,24)/t15-,16+. The molecular weight excluding hydrogens is 304 g/mol. The molecule has 1 fully saturated rings. The Balaban J connectivity index is 2.65. The van der Waals surface area contributed by atoms with Gasteiger partial charge in [-0.05, 0) is 12.8 Å². The number of hydrogen-bond acceptors (Lipinski definition) is 4. The van der Waals surface area contributed by atoms with Crippen LogP contribution in [0.25, 0.3) is 0 Å². The van der Waals surface area contributed by atoms with Gasteiger partial charge in [-0.1, -0.05) is 25.7 Å². The third kappa shape index (κ3) is 6.23. The van der Waals surface area contributed by atoms with E-state index >= 15 is 0 Å². The van der Waals surface area contributed by atoms with Gasteiger partial charge in [-0.25, -0.2) is 0 Å². The molecule has 2 N–H and O–H groups in total. The van der Waals surface area contributed by atoms with E-state index in [2.05, 4.69) is 46.1 Å². The summed E-state index contributed by atoms with van der Waals surface area (Å²) in [5.74, 6) is 4.71. The zero-order valence-corrected chi connectivity index (χ0v) is 14.7. The van der Waals surface area contributed by atoms with E-state index in [-0.39, 0.29) is 37.0 Å². The average Bonchev–Trinajstić information content (AvgIpc) is 2.58. The van der Waals surface area contributed by atoms with Crippen molar-refractivity contribution in [2.75, 3.05) is 39.3 Å². The summed E-state index contributed by atoms with van der Waals surface area (Å²) in [6.45, 7) is 6.91. The number of nitrogens with zero attached hydrogens (tertiary/aromatic N) is 2. The van der Waals surface area contributed by atoms with E-state index in [9.17, 15) is 9.59 Å². The van der Waals surface area contributed by atoms with Crippen molar-refractivity contribution in [2.45, 2.75) is 38.8 Å². The van der Waals surface area contributed by atoms with Crippen LogP contribution in [0.1, 0.15) is 26.7 Å². The van der Waals surface area contributed by atoms with Gasteiger partial charge in [0.2, 0.25) is 11.8 Å². The van der Waals surface area contributed by atoms with Crippen LogP contribution in [-0.2, 0) is 9.59 Å². The molecule has 1 aliphatic rings. The molecule has 0 aromatic carbocycles. The van der Waals surface area contributed by atoms with Crippen LogP contribution in [0.15, 0.2) is 0 Å². The van der Waals surface area contributed by atoms with Crippen molar-refractivity contribution >= 4 is 11.8 Å². The summed E-state index contributed by atoms with van der Waals surface area (Å²) in [7, 11) is 0. The minimum Gasteiger partial charge on any atom is -0.344 e. The van der Waals surface area contributed by atoms with Crippen molar-refractivity contribution in [3.8, 4) is 24.7 Å². The highest BCUT2D eigenvalue weighted by molar-refractivity contribution is 5.79. The molecule has 0 spiro atoms. The average molecular weight is 332 g/mol. The smallest absolute Gasteiger partial charge is 0.234 e. The van der Waals surface area contributed by atoms with Gasteiger partial charge in [0.15, 0.2) is 0 Å². The number of carbonyl (C=O) groups is 2. The van der Waals surface area contributed by atoms with Crippen molar-refractivity contribution in [2.24, 2.45) is 0 Å².